The van der Waals surface area contributed by atoms with E-state index in [1.54, 1.807) is 12.1 Å². The molecule has 0 spiro atoms. The van der Waals surface area contributed by atoms with Gasteiger partial charge in [0.1, 0.15) is 0 Å². The lowest BCUT2D eigenvalue weighted by atomic mass is 10.3. The molecule has 1 rings (SSSR count). The Labute approximate surface area is 106 Å². The summed E-state index contributed by atoms with van der Waals surface area (Å²) in [6.45, 7) is 0. The van der Waals surface area contributed by atoms with E-state index in [0.29, 0.717) is 9.50 Å². The van der Waals surface area contributed by atoms with Gasteiger partial charge in [0.2, 0.25) is 10.0 Å². The van der Waals surface area contributed by atoms with E-state index >= 15 is 0 Å². The normalized spacial score (nSPS) is 11.1. The smallest absolute Gasteiger partial charge is 0.320 e. The van der Waals surface area contributed by atoms with E-state index in [1.807, 2.05) is 0 Å². The lowest BCUT2D eigenvalue weighted by Crippen LogP contribution is -2.22. The minimum atomic E-state index is -3.91. The molecule has 0 fully saturated rings. The Morgan fingerprint density at radius 2 is 2.12 bits per heavy atom. The summed E-state index contributed by atoms with van der Waals surface area (Å²) in [6.07, 6.45) is 0. The molecule has 0 heterocycles. The summed E-state index contributed by atoms with van der Waals surface area (Å²) in [5, 5.41) is 8.72. The van der Waals surface area contributed by atoms with Crippen molar-refractivity contribution in [3.05, 3.63) is 27.7 Å². The zero-order chi connectivity index (χ0) is 12.3. The summed E-state index contributed by atoms with van der Waals surface area (Å²) in [5.74, 6) is -2.42. The standard InChI is InChI=1S/C8H7BrClNO4S/c9-8-5(10)2-1-3-6(8)11-16(14,15)4-7(12)13/h1-3,11H,4H2,(H,12,13). The van der Waals surface area contributed by atoms with Gasteiger partial charge in [0, 0.05) is 0 Å². The van der Waals surface area contributed by atoms with E-state index in [4.69, 9.17) is 16.7 Å². The van der Waals surface area contributed by atoms with E-state index in [-0.39, 0.29) is 5.69 Å². The fourth-order valence-corrected chi connectivity index (χ4v) is 2.52. The SMILES string of the molecule is O=C(O)CS(=O)(=O)Nc1cccc(Cl)c1Br. The highest BCUT2D eigenvalue weighted by Gasteiger charge is 2.17. The third-order valence-corrected chi connectivity index (χ3v) is 4.09. The molecule has 0 atom stereocenters. The lowest BCUT2D eigenvalue weighted by molar-refractivity contribution is -0.134. The summed E-state index contributed by atoms with van der Waals surface area (Å²) in [7, 11) is -3.91. The van der Waals surface area contributed by atoms with E-state index in [2.05, 4.69) is 20.7 Å². The molecule has 16 heavy (non-hydrogen) atoms. The van der Waals surface area contributed by atoms with Gasteiger partial charge in [-0.3, -0.25) is 9.52 Å². The Kier molecular flexibility index (Phi) is 4.17. The fraction of sp³-hybridized carbons (Fsp3) is 0.125. The highest BCUT2D eigenvalue weighted by molar-refractivity contribution is 9.10. The molecular formula is C8H7BrClNO4S. The molecule has 0 saturated heterocycles. The Morgan fingerprint density at radius 1 is 1.50 bits per heavy atom. The molecule has 0 aromatic heterocycles. The van der Waals surface area contributed by atoms with E-state index in [1.165, 1.54) is 6.07 Å². The summed E-state index contributed by atoms with van der Waals surface area (Å²) in [6, 6.07) is 4.59. The average Bonchev–Trinajstić information content (AvgIpc) is 2.10. The lowest BCUT2D eigenvalue weighted by Gasteiger charge is -2.08. The van der Waals surface area contributed by atoms with Crippen molar-refractivity contribution in [2.75, 3.05) is 10.5 Å². The molecule has 0 saturated carbocycles. The first kappa shape index (κ1) is 13.3. The molecule has 5 nitrogen and oxygen atoms in total. The number of halogens is 2. The Bertz CT molecular complexity index is 517. The number of hydrogen-bond donors (Lipinski definition) is 2. The predicted molar refractivity (Wildman–Crippen MR) is 64.2 cm³/mol. The molecule has 0 unspecified atom stereocenters. The largest absolute Gasteiger partial charge is 0.480 e. The topological polar surface area (TPSA) is 83.5 Å². The summed E-state index contributed by atoms with van der Waals surface area (Å²) in [5.41, 5.74) is 0.203. The van der Waals surface area contributed by atoms with Gasteiger partial charge in [-0.1, -0.05) is 17.7 Å². The van der Waals surface area contributed by atoms with Crippen LogP contribution < -0.4 is 4.72 Å². The highest BCUT2D eigenvalue weighted by atomic mass is 79.9. The van der Waals surface area contributed by atoms with E-state index < -0.39 is 21.7 Å². The number of carbonyl (C=O) groups is 1. The van der Waals surface area contributed by atoms with Gasteiger partial charge in [-0.25, -0.2) is 8.42 Å². The third kappa shape index (κ3) is 3.66. The number of aliphatic carboxylic acids is 1. The zero-order valence-corrected chi connectivity index (χ0v) is 10.9. The van der Waals surface area contributed by atoms with Gasteiger partial charge >= 0.3 is 5.97 Å². The zero-order valence-electron chi connectivity index (χ0n) is 7.78. The first-order chi connectivity index (χ1) is 7.32. The number of nitrogens with one attached hydrogen (secondary N) is 1. The second kappa shape index (κ2) is 5.03. The van der Waals surface area contributed by atoms with Crippen LogP contribution in [0.3, 0.4) is 0 Å². The maximum absolute atomic E-state index is 11.3. The van der Waals surface area contributed by atoms with Crippen molar-refractivity contribution in [2.24, 2.45) is 0 Å². The van der Waals surface area contributed by atoms with Crippen LogP contribution in [0, 0.1) is 0 Å². The van der Waals surface area contributed by atoms with E-state index in [9.17, 15) is 13.2 Å². The number of carboxylic acids is 1. The molecule has 0 aliphatic heterocycles. The van der Waals surface area contributed by atoms with Crippen molar-refractivity contribution in [1.29, 1.82) is 0 Å². The van der Waals surface area contributed by atoms with Gasteiger partial charge in [0.15, 0.2) is 5.75 Å². The molecule has 0 aliphatic carbocycles. The van der Waals surface area contributed by atoms with Crippen LogP contribution in [0.5, 0.6) is 0 Å². The van der Waals surface area contributed by atoms with Gasteiger partial charge in [0.05, 0.1) is 15.2 Å². The van der Waals surface area contributed by atoms with Gasteiger partial charge < -0.3 is 5.11 Å². The van der Waals surface area contributed by atoms with Crippen molar-refractivity contribution in [3.8, 4) is 0 Å². The van der Waals surface area contributed by atoms with Crippen LogP contribution in [0.15, 0.2) is 22.7 Å². The molecule has 0 radical (unpaired) electrons. The average molecular weight is 329 g/mol. The molecule has 2 N–H and O–H groups in total. The van der Waals surface area contributed by atoms with Crippen LogP contribution in [0.25, 0.3) is 0 Å². The van der Waals surface area contributed by atoms with Crippen molar-refractivity contribution in [3.63, 3.8) is 0 Å². The van der Waals surface area contributed by atoms with Crippen molar-refractivity contribution in [2.45, 2.75) is 0 Å². The monoisotopic (exact) mass is 327 g/mol. The molecule has 0 aliphatic rings. The van der Waals surface area contributed by atoms with Gasteiger partial charge in [-0.15, -0.1) is 0 Å². The van der Waals surface area contributed by atoms with Gasteiger partial charge in [-0.2, -0.15) is 0 Å². The summed E-state index contributed by atoms with van der Waals surface area (Å²) < 4.78 is 25.1. The molecule has 0 amide bonds. The Balaban J connectivity index is 2.97. The second-order valence-electron chi connectivity index (χ2n) is 2.86. The number of hydrogen-bond acceptors (Lipinski definition) is 3. The molecule has 8 heteroatoms. The maximum atomic E-state index is 11.3. The predicted octanol–water partition coefficient (Wildman–Crippen LogP) is 1.93. The number of rotatable bonds is 4. The first-order valence-electron chi connectivity index (χ1n) is 3.98. The molecule has 88 valence electrons. The molecule has 1 aromatic rings. The first-order valence-corrected chi connectivity index (χ1v) is 6.80. The van der Waals surface area contributed by atoms with Gasteiger partial charge in [-0.05, 0) is 28.1 Å². The number of benzene rings is 1. The third-order valence-electron chi connectivity index (χ3n) is 1.53. The van der Waals surface area contributed by atoms with Crippen LogP contribution in [-0.4, -0.2) is 25.2 Å². The van der Waals surface area contributed by atoms with Crippen molar-refractivity contribution >= 4 is 49.2 Å². The Hall–Kier alpha value is -0.790. The minimum Gasteiger partial charge on any atom is -0.480 e. The van der Waals surface area contributed by atoms with Crippen LogP contribution in [0.4, 0.5) is 5.69 Å². The maximum Gasteiger partial charge on any atom is 0.320 e. The molecule has 0 bridgehead atoms. The quantitative estimate of drug-likeness (QED) is 0.884. The van der Waals surface area contributed by atoms with E-state index in [0.717, 1.165) is 0 Å². The van der Waals surface area contributed by atoms with Crippen LogP contribution in [0.2, 0.25) is 5.02 Å². The molecular weight excluding hydrogens is 322 g/mol. The van der Waals surface area contributed by atoms with Crippen molar-refractivity contribution in [1.82, 2.24) is 0 Å². The summed E-state index contributed by atoms with van der Waals surface area (Å²) in [4.78, 5) is 10.3. The second-order valence-corrected chi connectivity index (χ2v) is 5.78. The highest BCUT2D eigenvalue weighted by Crippen LogP contribution is 2.30. The van der Waals surface area contributed by atoms with Crippen molar-refractivity contribution < 1.29 is 18.3 Å². The number of carboxylic acid groups (broad SMARTS) is 1. The van der Waals surface area contributed by atoms with Crippen LogP contribution in [-0.2, 0) is 14.8 Å². The van der Waals surface area contributed by atoms with Crippen LogP contribution in [0.1, 0.15) is 0 Å². The Morgan fingerprint density at radius 3 is 2.69 bits per heavy atom. The fourth-order valence-electron chi connectivity index (χ4n) is 0.949. The van der Waals surface area contributed by atoms with Crippen LogP contribution >= 0.6 is 27.5 Å². The molecule has 1 aromatic carbocycles. The number of sulfonamides is 1. The number of anilines is 1. The van der Waals surface area contributed by atoms with Gasteiger partial charge in [0.25, 0.3) is 0 Å². The minimum absolute atomic E-state index is 0.203. The summed E-state index contributed by atoms with van der Waals surface area (Å²) >= 11 is 8.84.